The smallest absolute Gasteiger partial charge is 0.00747 e. The highest BCUT2D eigenvalue weighted by Crippen LogP contribution is 2.23. The van der Waals surface area contributed by atoms with Crippen molar-refractivity contribution in [3.63, 3.8) is 0 Å². The number of thioether (sulfide) groups is 1. The first-order chi connectivity index (χ1) is 8.63. The van der Waals surface area contributed by atoms with Crippen molar-refractivity contribution in [2.45, 2.75) is 37.3 Å². The third-order valence-electron chi connectivity index (χ3n) is 2.82. The van der Waals surface area contributed by atoms with Crippen LogP contribution in [0.1, 0.15) is 30.5 Å². The van der Waals surface area contributed by atoms with Gasteiger partial charge in [-0.2, -0.15) is 0 Å². The molecule has 1 heteroatoms. The van der Waals surface area contributed by atoms with Gasteiger partial charge in [0.05, 0.1) is 0 Å². The van der Waals surface area contributed by atoms with Gasteiger partial charge in [-0.15, -0.1) is 11.8 Å². The summed E-state index contributed by atoms with van der Waals surface area (Å²) in [6, 6.07) is 17.7. The Bertz CT molecular complexity index is 480. The van der Waals surface area contributed by atoms with Crippen LogP contribution in [0.2, 0.25) is 0 Å². The molecule has 2 aromatic carbocycles. The molecule has 0 aliphatic carbocycles. The molecular weight excluding hydrogens is 236 g/mol. The lowest BCUT2D eigenvalue weighted by Crippen LogP contribution is -1.89. The molecule has 0 fully saturated rings. The van der Waals surface area contributed by atoms with Crippen LogP contribution in [0.4, 0.5) is 0 Å². The van der Waals surface area contributed by atoms with Gasteiger partial charge in [-0.1, -0.05) is 55.8 Å². The van der Waals surface area contributed by atoms with Crippen molar-refractivity contribution in [3.8, 4) is 0 Å². The number of hydrogen-bond donors (Lipinski definition) is 0. The van der Waals surface area contributed by atoms with E-state index in [-0.39, 0.29) is 0 Å². The van der Waals surface area contributed by atoms with Gasteiger partial charge >= 0.3 is 0 Å². The fourth-order valence-corrected chi connectivity index (χ4v) is 2.74. The molecule has 0 saturated carbocycles. The fraction of sp³-hybridized carbons (Fsp3) is 0.294. The van der Waals surface area contributed by atoms with E-state index >= 15 is 0 Å². The second-order valence-electron chi connectivity index (χ2n) is 4.97. The molecule has 0 unspecified atom stereocenters. The Kier molecular flexibility index (Phi) is 4.48. The number of rotatable bonds is 4. The summed E-state index contributed by atoms with van der Waals surface area (Å²) in [4.78, 5) is 1.36. The van der Waals surface area contributed by atoms with Crippen molar-refractivity contribution in [1.29, 1.82) is 0 Å². The van der Waals surface area contributed by atoms with Gasteiger partial charge in [-0.3, -0.25) is 0 Å². The molecule has 0 bridgehead atoms. The summed E-state index contributed by atoms with van der Waals surface area (Å²) < 4.78 is 0. The van der Waals surface area contributed by atoms with E-state index in [1.807, 2.05) is 11.8 Å². The molecular formula is C17H20S. The van der Waals surface area contributed by atoms with Crippen molar-refractivity contribution in [2.75, 3.05) is 0 Å². The third-order valence-corrected chi connectivity index (χ3v) is 3.84. The quantitative estimate of drug-likeness (QED) is 0.687. The van der Waals surface area contributed by atoms with Crippen LogP contribution >= 0.6 is 11.8 Å². The van der Waals surface area contributed by atoms with Gasteiger partial charge < -0.3 is 0 Å². The summed E-state index contributed by atoms with van der Waals surface area (Å²) in [5.41, 5.74) is 4.08. The summed E-state index contributed by atoms with van der Waals surface area (Å²) in [6.45, 7) is 6.58. The largest absolute Gasteiger partial charge is 0.123 e. The van der Waals surface area contributed by atoms with Crippen LogP contribution in [0.25, 0.3) is 0 Å². The van der Waals surface area contributed by atoms with Crippen LogP contribution < -0.4 is 0 Å². The fourth-order valence-electron chi connectivity index (χ4n) is 1.90. The van der Waals surface area contributed by atoms with E-state index in [1.165, 1.54) is 21.6 Å². The zero-order valence-corrected chi connectivity index (χ0v) is 12.1. The minimum Gasteiger partial charge on any atom is -0.123 e. The van der Waals surface area contributed by atoms with E-state index in [0.29, 0.717) is 5.25 Å². The Labute approximate surface area is 114 Å². The molecule has 0 atom stereocenters. The molecule has 2 rings (SSSR count). The number of hydrogen-bond acceptors (Lipinski definition) is 1. The molecule has 0 nitrogen and oxygen atoms in total. The molecule has 2 aromatic rings. The lowest BCUT2D eigenvalue weighted by Gasteiger charge is -2.06. The molecule has 0 heterocycles. The summed E-state index contributed by atoms with van der Waals surface area (Å²) in [7, 11) is 0. The zero-order chi connectivity index (χ0) is 13.0. The van der Waals surface area contributed by atoms with Crippen molar-refractivity contribution in [1.82, 2.24) is 0 Å². The van der Waals surface area contributed by atoms with E-state index in [4.69, 9.17) is 0 Å². The predicted molar refractivity (Wildman–Crippen MR) is 81.4 cm³/mol. The van der Waals surface area contributed by atoms with Crippen LogP contribution in [-0.2, 0) is 6.42 Å². The van der Waals surface area contributed by atoms with Crippen LogP contribution in [0.5, 0.6) is 0 Å². The average Bonchev–Trinajstić information content (AvgIpc) is 2.34. The van der Waals surface area contributed by atoms with E-state index in [2.05, 4.69) is 69.3 Å². The first-order valence-electron chi connectivity index (χ1n) is 6.44. The van der Waals surface area contributed by atoms with Crippen LogP contribution in [-0.4, -0.2) is 5.25 Å². The molecule has 0 amide bonds. The van der Waals surface area contributed by atoms with Crippen LogP contribution in [0, 0.1) is 6.92 Å². The second-order valence-corrected chi connectivity index (χ2v) is 6.62. The van der Waals surface area contributed by atoms with Gasteiger partial charge in [0, 0.05) is 10.1 Å². The topological polar surface area (TPSA) is 0 Å². The highest BCUT2D eigenvalue weighted by molar-refractivity contribution is 7.99. The standard InChI is InChI=1S/C17H20S/c1-13(2)18-17-10-8-16(9-11-17)12-15-6-4-14(3)5-7-15/h4-11,13H,12H2,1-3H3. The molecule has 0 spiro atoms. The summed E-state index contributed by atoms with van der Waals surface area (Å²) in [5, 5.41) is 0.646. The second kappa shape index (κ2) is 6.10. The van der Waals surface area contributed by atoms with Crippen LogP contribution in [0.3, 0.4) is 0 Å². The lowest BCUT2D eigenvalue weighted by molar-refractivity contribution is 1.11. The summed E-state index contributed by atoms with van der Waals surface area (Å²) in [5.74, 6) is 0. The zero-order valence-electron chi connectivity index (χ0n) is 11.3. The SMILES string of the molecule is Cc1ccc(Cc2ccc(SC(C)C)cc2)cc1. The molecule has 0 aliphatic heterocycles. The van der Waals surface area contributed by atoms with Gasteiger partial charge in [-0.25, -0.2) is 0 Å². The van der Waals surface area contributed by atoms with E-state index in [1.54, 1.807) is 0 Å². The highest BCUT2D eigenvalue weighted by atomic mass is 32.2. The first-order valence-corrected chi connectivity index (χ1v) is 7.32. The van der Waals surface area contributed by atoms with E-state index in [0.717, 1.165) is 6.42 Å². The number of benzene rings is 2. The minimum absolute atomic E-state index is 0.646. The van der Waals surface area contributed by atoms with Crippen molar-refractivity contribution in [2.24, 2.45) is 0 Å². The normalized spacial score (nSPS) is 10.9. The number of aryl methyl sites for hydroxylation is 1. The lowest BCUT2D eigenvalue weighted by atomic mass is 10.0. The average molecular weight is 256 g/mol. The Hall–Kier alpha value is -1.21. The van der Waals surface area contributed by atoms with Gasteiger partial charge in [0.25, 0.3) is 0 Å². The summed E-state index contributed by atoms with van der Waals surface area (Å²) >= 11 is 1.92. The van der Waals surface area contributed by atoms with Crippen molar-refractivity contribution < 1.29 is 0 Å². The van der Waals surface area contributed by atoms with E-state index in [9.17, 15) is 0 Å². The molecule has 0 aromatic heterocycles. The Morgan fingerprint density at radius 2 is 1.33 bits per heavy atom. The van der Waals surface area contributed by atoms with Crippen molar-refractivity contribution in [3.05, 3.63) is 65.2 Å². The summed E-state index contributed by atoms with van der Waals surface area (Å²) in [6.07, 6.45) is 1.02. The Morgan fingerprint density at radius 1 is 0.833 bits per heavy atom. The maximum absolute atomic E-state index is 2.24. The highest BCUT2D eigenvalue weighted by Gasteiger charge is 2.00. The van der Waals surface area contributed by atoms with E-state index < -0.39 is 0 Å². The molecule has 18 heavy (non-hydrogen) atoms. The monoisotopic (exact) mass is 256 g/mol. The minimum atomic E-state index is 0.646. The first kappa shape index (κ1) is 13.2. The maximum atomic E-state index is 2.24. The molecule has 0 saturated heterocycles. The predicted octanol–water partition coefficient (Wildman–Crippen LogP) is 5.09. The molecule has 0 radical (unpaired) electrons. The van der Waals surface area contributed by atoms with Gasteiger partial charge in [0.15, 0.2) is 0 Å². The Balaban J connectivity index is 2.04. The third kappa shape index (κ3) is 3.92. The van der Waals surface area contributed by atoms with Crippen molar-refractivity contribution >= 4 is 11.8 Å². The molecule has 0 N–H and O–H groups in total. The Morgan fingerprint density at radius 3 is 1.83 bits per heavy atom. The molecule has 0 aliphatic rings. The van der Waals surface area contributed by atoms with Crippen LogP contribution in [0.15, 0.2) is 53.4 Å². The molecule has 94 valence electrons. The van der Waals surface area contributed by atoms with Gasteiger partial charge in [0.1, 0.15) is 0 Å². The van der Waals surface area contributed by atoms with Gasteiger partial charge in [-0.05, 0) is 36.6 Å². The van der Waals surface area contributed by atoms with Gasteiger partial charge in [0.2, 0.25) is 0 Å². The maximum Gasteiger partial charge on any atom is 0.00747 e.